The zero-order chi connectivity index (χ0) is 9.68. The minimum absolute atomic E-state index is 0.525. The van der Waals surface area contributed by atoms with Crippen molar-refractivity contribution >= 4 is 0 Å². The van der Waals surface area contributed by atoms with Gasteiger partial charge in [-0.25, -0.2) is 0 Å². The van der Waals surface area contributed by atoms with Crippen molar-refractivity contribution < 1.29 is 0 Å². The van der Waals surface area contributed by atoms with Crippen molar-refractivity contribution in [3.8, 4) is 6.07 Å². The molecule has 0 atom stereocenters. The number of hydrogen-bond donors (Lipinski definition) is 0. The van der Waals surface area contributed by atoms with Crippen molar-refractivity contribution in [1.82, 2.24) is 0 Å². The zero-order valence-corrected chi connectivity index (χ0v) is 8.30. The monoisotopic (exact) mass is 173 g/mol. The Morgan fingerprint density at radius 2 is 1.85 bits per heavy atom. The van der Waals surface area contributed by atoms with Gasteiger partial charge < -0.3 is 0 Å². The summed E-state index contributed by atoms with van der Waals surface area (Å²) in [5, 5.41) is 8.56. The number of hydrogen-bond acceptors (Lipinski definition) is 1. The maximum atomic E-state index is 8.56. The van der Waals surface area contributed by atoms with Gasteiger partial charge in [-0.15, -0.1) is 0 Å². The Hall–Kier alpha value is -1.29. The number of aryl methyl sites for hydroxylation is 2. The quantitative estimate of drug-likeness (QED) is 0.689. The summed E-state index contributed by atoms with van der Waals surface area (Å²) in [6.45, 7) is 4.32. The van der Waals surface area contributed by atoms with Gasteiger partial charge in [0.15, 0.2) is 0 Å². The molecule has 1 aromatic carbocycles. The highest BCUT2D eigenvalue weighted by Gasteiger charge is 1.99. The molecule has 0 spiro atoms. The van der Waals surface area contributed by atoms with Crippen molar-refractivity contribution in [3.05, 3.63) is 34.9 Å². The second-order valence-corrected chi connectivity index (χ2v) is 3.15. The Bertz CT molecular complexity index is 320. The average Bonchev–Trinajstić information content (AvgIpc) is 2.18. The summed E-state index contributed by atoms with van der Waals surface area (Å²) in [5.74, 6) is 0. The molecule has 1 rings (SSSR count). The highest BCUT2D eigenvalue weighted by Crippen LogP contribution is 2.13. The van der Waals surface area contributed by atoms with Gasteiger partial charge in [0.1, 0.15) is 0 Å². The van der Waals surface area contributed by atoms with E-state index in [1.807, 2.05) is 0 Å². The topological polar surface area (TPSA) is 23.8 Å². The van der Waals surface area contributed by atoms with Gasteiger partial charge in [0, 0.05) is 0 Å². The molecule has 1 aromatic rings. The van der Waals surface area contributed by atoms with E-state index in [0.29, 0.717) is 6.42 Å². The Balaban J connectivity index is 3.00. The van der Waals surface area contributed by atoms with Gasteiger partial charge in [-0.3, -0.25) is 0 Å². The lowest BCUT2D eigenvalue weighted by atomic mass is 9.99. The van der Waals surface area contributed by atoms with Crippen molar-refractivity contribution in [2.75, 3.05) is 0 Å². The van der Waals surface area contributed by atoms with Crippen LogP contribution < -0.4 is 0 Å². The molecule has 0 bridgehead atoms. The average molecular weight is 173 g/mol. The van der Waals surface area contributed by atoms with Crippen molar-refractivity contribution in [2.24, 2.45) is 0 Å². The van der Waals surface area contributed by atoms with Crippen LogP contribution in [-0.2, 0) is 19.3 Å². The molecule has 0 saturated carbocycles. The van der Waals surface area contributed by atoms with E-state index >= 15 is 0 Å². The van der Waals surface area contributed by atoms with Gasteiger partial charge >= 0.3 is 0 Å². The van der Waals surface area contributed by atoms with E-state index in [9.17, 15) is 0 Å². The molecule has 1 heteroatoms. The smallest absolute Gasteiger partial charge is 0.0669 e. The van der Waals surface area contributed by atoms with Crippen molar-refractivity contribution in [3.63, 3.8) is 0 Å². The molecule has 0 saturated heterocycles. The van der Waals surface area contributed by atoms with Crippen molar-refractivity contribution in [2.45, 2.75) is 33.1 Å². The van der Waals surface area contributed by atoms with E-state index < -0.39 is 0 Å². The van der Waals surface area contributed by atoms with Crippen LogP contribution in [-0.4, -0.2) is 0 Å². The Kier molecular flexibility index (Phi) is 3.52. The predicted octanol–water partition coefficient (Wildman–Crippen LogP) is 2.88. The highest BCUT2D eigenvalue weighted by atomic mass is 14.2. The second-order valence-electron chi connectivity index (χ2n) is 3.15. The summed E-state index contributed by atoms with van der Waals surface area (Å²) in [6, 6.07) is 8.53. The molecule has 0 radical (unpaired) electrons. The first kappa shape index (κ1) is 9.80. The molecule has 0 N–H and O–H groups in total. The number of nitrogens with zero attached hydrogens (tertiary/aromatic N) is 1. The summed E-state index contributed by atoms with van der Waals surface area (Å²) in [6.07, 6.45) is 2.66. The fourth-order valence-electron chi connectivity index (χ4n) is 1.55. The number of benzene rings is 1. The van der Waals surface area contributed by atoms with E-state index in [4.69, 9.17) is 5.26 Å². The SMILES string of the molecule is CCc1ccc(CC#N)cc1CC. The fourth-order valence-corrected chi connectivity index (χ4v) is 1.55. The normalized spacial score (nSPS) is 9.62. The van der Waals surface area contributed by atoms with Gasteiger partial charge in [-0.05, 0) is 29.5 Å². The standard InChI is InChI=1S/C12H15N/c1-3-11-6-5-10(7-8-13)9-12(11)4-2/h5-6,9H,3-4,7H2,1-2H3. The maximum Gasteiger partial charge on any atom is 0.0669 e. The molecule has 0 heterocycles. The van der Waals surface area contributed by atoms with Gasteiger partial charge in [0.2, 0.25) is 0 Å². The van der Waals surface area contributed by atoms with Crippen LogP contribution in [0.15, 0.2) is 18.2 Å². The van der Waals surface area contributed by atoms with Crippen LogP contribution >= 0.6 is 0 Å². The fraction of sp³-hybridized carbons (Fsp3) is 0.417. The second kappa shape index (κ2) is 4.67. The van der Waals surface area contributed by atoms with E-state index in [-0.39, 0.29) is 0 Å². The largest absolute Gasteiger partial charge is 0.198 e. The Labute approximate surface area is 80.0 Å². The summed E-state index contributed by atoms with van der Waals surface area (Å²) < 4.78 is 0. The first-order valence-corrected chi connectivity index (χ1v) is 4.79. The van der Waals surface area contributed by atoms with Gasteiger partial charge in [0.05, 0.1) is 12.5 Å². The first-order chi connectivity index (χ1) is 6.31. The van der Waals surface area contributed by atoms with Gasteiger partial charge in [-0.1, -0.05) is 32.0 Å². The Morgan fingerprint density at radius 1 is 1.15 bits per heavy atom. The number of rotatable bonds is 3. The van der Waals surface area contributed by atoms with Crippen molar-refractivity contribution in [1.29, 1.82) is 5.26 Å². The summed E-state index contributed by atoms with van der Waals surface area (Å²) in [5.41, 5.74) is 3.93. The third kappa shape index (κ3) is 2.32. The lowest BCUT2D eigenvalue weighted by Gasteiger charge is -2.06. The van der Waals surface area contributed by atoms with Crippen LogP contribution in [0.3, 0.4) is 0 Å². The van der Waals surface area contributed by atoms with Crippen LogP contribution in [0.1, 0.15) is 30.5 Å². The van der Waals surface area contributed by atoms with E-state index in [2.05, 4.69) is 38.1 Å². The molecule has 0 aliphatic heterocycles. The molecule has 0 fully saturated rings. The molecule has 0 aromatic heterocycles. The molecule has 13 heavy (non-hydrogen) atoms. The third-order valence-electron chi connectivity index (χ3n) is 2.32. The van der Waals surface area contributed by atoms with E-state index in [0.717, 1.165) is 18.4 Å². The summed E-state index contributed by atoms with van der Waals surface area (Å²) >= 11 is 0. The van der Waals surface area contributed by atoms with Crippen LogP contribution in [0, 0.1) is 11.3 Å². The lowest BCUT2D eigenvalue weighted by Crippen LogP contribution is -1.93. The van der Waals surface area contributed by atoms with Crippen LogP contribution in [0.25, 0.3) is 0 Å². The molecule has 1 nitrogen and oxygen atoms in total. The van der Waals surface area contributed by atoms with Gasteiger partial charge in [-0.2, -0.15) is 5.26 Å². The zero-order valence-electron chi connectivity index (χ0n) is 8.30. The predicted molar refractivity (Wildman–Crippen MR) is 54.5 cm³/mol. The summed E-state index contributed by atoms with van der Waals surface area (Å²) in [4.78, 5) is 0. The molecule has 0 unspecified atom stereocenters. The minimum atomic E-state index is 0.525. The lowest BCUT2D eigenvalue weighted by molar-refractivity contribution is 1.03. The molecular formula is C12H15N. The van der Waals surface area contributed by atoms with Crippen LogP contribution in [0.5, 0.6) is 0 Å². The molecule has 0 aliphatic carbocycles. The molecular weight excluding hydrogens is 158 g/mol. The number of nitriles is 1. The van der Waals surface area contributed by atoms with Crippen LogP contribution in [0.4, 0.5) is 0 Å². The summed E-state index contributed by atoms with van der Waals surface area (Å²) in [7, 11) is 0. The van der Waals surface area contributed by atoms with Crippen LogP contribution in [0.2, 0.25) is 0 Å². The highest BCUT2D eigenvalue weighted by molar-refractivity contribution is 5.33. The van der Waals surface area contributed by atoms with Gasteiger partial charge in [0.25, 0.3) is 0 Å². The first-order valence-electron chi connectivity index (χ1n) is 4.79. The Morgan fingerprint density at radius 3 is 2.38 bits per heavy atom. The third-order valence-corrected chi connectivity index (χ3v) is 2.32. The van der Waals surface area contributed by atoms with E-state index in [1.165, 1.54) is 11.1 Å². The van der Waals surface area contributed by atoms with E-state index in [1.54, 1.807) is 0 Å². The molecule has 0 aliphatic rings. The molecule has 0 amide bonds. The minimum Gasteiger partial charge on any atom is -0.198 e. The maximum absolute atomic E-state index is 8.56. The molecule has 68 valence electrons.